The minimum atomic E-state index is -0.375. The van der Waals surface area contributed by atoms with Crippen LogP contribution in [0, 0.1) is 18.7 Å². The number of halogens is 1. The van der Waals surface area contributed by atoms with Gasteiger partial charge in [-0.1, -0.05) is 61.9 Å². The highest BCUT2D eigenvalue weighted by Crippen LogP contribution is 2.33. The van der Waals surface area contributed by atoms with E-state index in [0.29, 0.717) is 30.8 Å². The second-order valence-corrected chi connectivity index (χ2v) is 8.30. The van der Waals surface area contributed by atoms with E-state index in [9.17, 15) is 14.0 Å². The van der Waals surface area contributed by atoms with Crippen LogP contribution in [0.1, 0.15) is 43.0 Å². The van der Waals surface area contributed by atoms with E-state index in [-0.39, 0.29) is 36.1 Å². The summed E-state index contributed by atoms with van der Waals surface area (Å²) in [6, 6.07) is 13.9. The standard InChI is InChI=1S/C25H30FN3O3/c1-17(2)25(31)28(13-14-32-4)16-24(30)29-23(19-11-9-18(3)10-12-19)15-22(27-29)20-7-5-6-8-21(20)26/h5-12,17,23H,13-16H2,1-4H3/t23-/m0/s1. The van der Waals surface area contributed by atoms with Crippen LogP contribution in [-0.4, -0.2) is 54.2 Å². The number of carbonyl (C=O) groups is 2. The third-order valence-electron chi connectivity index (χ3n) is 5.51. The lowest BCUT2D eigenvalue weighted by Crippen LogP contribution is -2.44. The molecule has 0 saturated carbocycles. The normalized spacial score (nSPS) is 15.8. The van der Waals surface area contributed by atoms with Gasteiger partial charge in [0, 0.05) is 31.6 Å². The van der Waals surface area contributed by atoms with E-state index in [1.165, 1.54) is 16.0 Å². The second kappa shape index (κ2) is 10.5. The van der Waals surface area contributed by atoms with Gasteiger partial charge in [0.05, 0.1) is 18.4 Å². The number of ether oxygens (including phenoxy) is 1. The molecule has 2 amide bonds. The molecule has 1 heterocycles. The van der Waals surface area contributed by atoms with Gasteiger partial charge in [-0.25, -0.2) is 9.40 Å². The summed E-state index contributed by atoms with van der Waals surface area (Å²) in [7, 11) is 1.55. The number of amides is 2. The Hall–Kier alpha value is -3.06. The van der Waals surface area contributed by atoms with Crippen LogP contribution in [-0.2, 0) is 14.3 Å². The highest BCUT2D eigenvalue weighted by Gasteiger charge is 2.35. The van der Waals surface area contributed by atoms with E-state index in [1.807, 2.05) is 31.2 Å². The first kappa shape index (κ1) is 23.6. The first-order valence-electron chi connectivity index (χ1n) is 10.8. The average Bonchev–Trinajstić information content (AvgIpc) is 3.22. The molecule has 2 aromatic rings. The van der Waals surface area contributed by atoms with E-state index in [0.717, 1.165) is 11.1 Å². The molecule has 0 fully saturated rings. The summed E-state index contributed by atoms with van der Waals surface area (Å²) in [6.45, 7) is 6.12. The van der Waals surface area contributed by atoms with E-state index < -0.39 is 0 Å². The fourth-order valence-electron chi connectivity index (χ4n) is 3.72. The van der Waals surface area contributed by atoms with Gasteiger partial charge in [0.15, 0.2) is 0 Å². The monoisotopic (exact) mass is 439 g/mol. The molecule has 0 aromatic heterocycles. The SMILES string of the molecule is COCCN(CC(=O)N1N=C(c2ccccc2F)C[C@H]1c1ccc(C)cc1)C(=O)C(C)C. The lowest BCUT2D eigenvalue weighted by atomic mass is 9.97. The Labute approximate surface area is 188 Å². The van der Waals surface area contributed by atoms with Crippen LogP contribution in [0.5, 0.6) is 0 Å². The van der Waals surface area contributed by atoms with Crippen molar-refractivity contribution in [1.29, 1.82) is 0 Å². The Morgan fingerprint density at radius 1 is 1.19 bits per heavy atom. The van der Waals surface area contributed by atoms with Crippen LogP contribution in [0.25, 0.3) is 0 Å². The molecule has 0 spiro atoms. The van der Waals surface area contributed by atoms with Crippen molar-refractivity contribution in [1.82, 2.24) is 9.91 Å². The number of methoxy groups -OCH3 is 1. The molecule has 6 nitrogen and oxygen atoms in total. The fourth-order valence-corrected chi connectivity index (χ4v) is 3.72. The number of hydrazone groups is 1. The van der Waals surface area contributed by atoms with Crippen LogP contribution < -0.4 is 0 Å². The van der Waals surface area contributed by atoms with Crippen molar-refractivity contribution in [2.24, 2.45) is 11.0 Å². The Morgan fingerprint density at radius 2 is 1.88 bits per heavy atom. The van der Waals surface area contributed by atoms with Gasteiger partial charge in [0.25, 0.3) is 5.91 Å². The summed E-state index contributed by atoms with van der Waals surface area (Å²) >= 11 is 0. The van der Waals surface area contributed by atoms with Crippen molar-refractivity contribution in [3.63, 3.8) is 0 Å². The number of rotatable bonds is 8. The molecule has 3 rings (SSSR count). The van der Waals surface area contributed by atoms with Crippen molar-refractivity contribution in [2.75, 3.05) is 26.8 Å². The van der Waals surface area contributed by atoms with Crippen molar-refractivity contribution >= 4 is 17.5 Å². The van der Waals surface area contributed by atoms with Gasteiger partial charge in [-0.05, 0) is 18.6 Å². The van der Waals surface area contributed by atoms with Gasteiger partial charge in [-0.3, -0.25) is 9.59 Å². The maximum atomic E-state index is 14.4. The van der Waals surface area contributed by atoms with Gasteiger partial charge in [-0.15, -0.1) is 0 Å². The molecule has 7 heteroatoms. The molecule has 1 aliphatic rings. The van der Waals surface area contributed by atoms with Gasteiger partial charge >= 0.3 is 0 Å². The largest absolute Gasteiger partial charge is 0.383 e. The molecule has 1 atom stereocenters. The summed E-state index contributed by atoms with van der Waals surface area (Å²) in [5, 5.41) is 5.93. The molecular formula is C25H30FN3O3. The molecule has 0 aliphatic carbocycles. The molecule has 0 unspecified atom stereocenters. The number of benzene rings is 2. The van der Waals surface area contributed by atoms with Crippen molar-refractivity contribution in [2.45, 2.75) is 33.2 Å². The van der Waals surface area contributed by atoms with Crippen LogP contribution in [0.15, 0.2) is 53.6 Å². The number of nitrogens with zero attached hydrogens (tertiary/aromatic N) is 3. The molecular weight excluding hydrogens is 409 g/mol. The zero-order chi connectivity index (χ0) is 23.3. The molecule has 0 saturated heterocycles. The Kier molecular flexibility index (Phi) is 7.75. The van der Waals surface area contributed by atoms with Gasteiger partial charge < -0.3 is 9.64 Å². The average molecular weight is 440 g/mol. The van der Waals surface area contributed by atoms with Crippen LogP contribution in [0.4, 0.5) is 4.39 Å². The Morgan fingerprint density at radius 3 is 2.50 bits per heavy atom. The van der Waals surface area contributed by atoms with Crippen LogP contribution >= 0.6 is 0 Å². The molecule has 0 radical (unpaired) electrons. The number of hydrogen-bond donors (Lipinski definition) is 0. The second-order valence-electron chi connectivity index (χ2n) is 8.30. The molecule has 32 heavy (non-hydrogen) atoms. The van der Waals surface area contributed by atoms with Crippen LogP contribution in [0.3, 0.4) is 0 Å². The first-order valence-corrected chi connectivity index (χ1v) is 10.8. The fraction of sp³-hybridized carbons (Fsp3) is 0.400. The Bertz CT molecular complexity index is 988. The van der Waals surface area contributed by atoms with Crippen molar-refractivity contribution < 1.29 is 18.7 Å². The molecule has 0 N–H and O–H groups in total. The zero-order valence-electron chi connectivity index (χ0n) is 19.0. The predicted molar refractivity (Wildman–Crippen MR) is 122 cm³/mol. The molecule has 2 aromatic carbocycles. The van der Waals surface area contributed by atoms with Crippen LogP contribution in [0.2, 0.25) is 0 Å². The van der Waals surface area contributed by atoms with E-state index >= 15 is 0 Å². The quantitative estimate of drug-likeness (QED) is 0.626. The topological polar surface area (TPSA) is 62.2 Å². The molecule has 170 valence electrons. The number of carbonyl (C=O) groups excluding carboxylic acids is 2. The minimum Gasteiger partial charge on any atom is -0.383 e. The maximum Gasteiger partial charge on any atom is 0.262 e. The summed E-state index contributed by atoms with van der Waals surface area (Å²) in [5.41, 5.74) is 2.92. The van der Waals surface area contributed by atoms with Gasteiger partial charge in [0.1, 0.15) is 12.4 Å². The summed E-state index contributed by atoms with van der Waals surface area (Å²) in [4.78, 5) is 27.5. The summed E-state index contributed by atoms with van der Waals surface area (Å²) < 4.78 is 19.6. The third kappa shape index (κ3) is 5.40. The first-order chi connectivity index (χ1) is 15.3. The van der Waals surface area contributed by atoms with E-state index in [1.54, 1.807) is 39.2 Å². The molecule has 0 bridgehead atoms. The van der Waals surface area contributed by atoms with Crippen molar-refractivity contribution in [3.8, 4) is 0 Å². The van der Waals surface area contributed by atoms with E-state index in [4.69, 9.17) is 4.74 Å². The predicted octanol–water partition coefficient (Wildman–Crippen LogP) is 3.94. The highest BCUT2D eigenvalue weighted by molar-refractivity contribution is 6.03. The minimum absolute atomic E-state index is 0.114. The lowest BCUT2D eigenvalue weighted by Gasteiger charge is -2.28. The smallest absolute Gasteiger partial charge is 0.262 e. The van der Waals surface area contributed by atoms with E-state index in [2.05, 4.69) is 5.10 Å². The summed E-state index contributed by atoms with van der Waals surface area (Å²) in [6.07, 6.45) is 0.395. The van der Waals surface area contributed by atoms with Gasteiger partial charge in [0.2, 0.25) is 5.91 Å². The highest BCUT2D eigenvalue weighted by atomic mass is 19.1. The summed E-state index contributed by atoms with van der Waals surface area (Å²) in [5.74, 6) is -1.06. The molecule has 1 aliphatic heterocycles. The zero-order valence-corrected chi connectivity index (χ0v) is 19.0. The Balaban J connectivity index is 1.91. The van der Waals surface area contributed by atoms with Gasteiger partial charge in [-0.2, -0.15) is 5.10 Å². The van der Waals surface area contributed by atoms with Crippen molar-refractivity contribution in [3.05, 3.63) is 71.0 Å². The third-order valence-corrected chi connectivity index (χ3v) is 5.51. The maximum absolute atomic E-state index is 14.4. The number of hydrogen-bond acceptors (Lipinski definition) is 4. The number of aryl methyl sites for hydroxylation is 1. The lowest BCUT2D eigenvalue weighted by molar-refractivity contribution is -0.143.